The summed E-state index contributed by atoms with van der Waals surface area (Å²) in [6.45, 7) is 6.22. The van der Waals surface area contributed by atoms with Crippen LogP contribution in [0, 0.1) is 0 Å². The fraction of sp³-hybridized carbons (Fsp3) is 0.875. The van der Waals surface area contributed by atoms with Crippen molar-refractivity contribution in [2.45, 2.75) is 89.8 Å². The molecule has 1 saturated carbocycles. The molecule has 4 nitrogen and oxygen atoms in total. The zero-order chi connectivity index (χ0) is 14.8. The van der Waals surface area contributed by atoms with Crippen LogP contribution in [0.4, 0.5) is 0 Å². The number of hydrogen-bond donors (Lipinski definition) is 1. The van der Waals surface area contributed by atoms with Gasteiger partial charge in [0.15, 0.2) is 0 Å². The van der Waals surface area contributed by atoms with Gasteiger partial charge in [-0.25, -0.2) is 0 Å². The molecule has 2 atom stereocenters. The molecule has 0 radical (unpaired) electrons. The van der Waals surface area contributed by atoms with Crippen LogP contribution in [0.2, 0.25) is 0 Å². The summed E-state index contributed by atoms with van der Waals surface area (Å²) in [5, 5.41) is 3.10. The lowest BCUT2D eigenvalue weighted by molar-refractivity contribution is -0.159. The van der Waals surface area contributed by atoms with E-state index in [9.17, 15) is 9.59 Å². The van der Waals surface area contributed by atoms with Gasteiger partial charge in [-0.2, -0.15) is 0 Å². The predicted molar refractivity (Wildman–Crippen MR) is 79.3 cm³/mol. The van der Waals surface area contributed by atoms with Gasteiger partial charge in [0.2, 0.25) is 11.8 Å². The normalized spacial score (nSPS) is 27.6. The van der Waals surface area contributed by atoms with Crippen LogP contribution in [-0.2, 0) is 9.59 Å². The number of rotatable bonds is 4. The van der Waals surface area contributed by atoms with Crippen molar-refractivity contribution in [1.29, 1.82) is 0 Å². The first-order valence-electron chi connectivity index (χ1n) is 8.20. The van der Waals surface area contributed by atoms with E-state index in [2.05, 4.69) is 26.1 Å². The van der Waals surface area contributed by atoms with Crippen LogP contribution in [0.3, 0.4) is 0 Å². The first-order valence-corrected chi connectivity index (χ1v) is 8.20. The first-order chi connectivity index (χ1) is 9.55. The van der Waals surface area contributed by atoms with E-state index in [0.717, 1.165) is 44.9 Å². The Morgan fingerprint density at radius 2 is 1.90 bits per heavy atom. The minimum Gasteiger partial charge on any atom is -0.340 e. The van der Waals surface area contributed by atoms with Crippen LogP contribution in [0.15, 0.2) is 0 Å². The Balaban J connectivity index is 2.30. The number of piperazine rings is 1. The average Bonchev–Trinajstić information content (AvgIpc) is 2.45. The monoisotopic (exact) mass is 280 g/mol. The Labute approximate surface area is 122 Å². The fourth-order valence-electron chi connectivity index (χ4n) is 3.63. The summed E-state index contributed by atoms with van der Waals surface area (Å²) in [5.41, 5.74) is -0.594. The smallest absolute Gasteiger partial charge is 0.249 e. The maximum atomic E-state index is 13.0. The van der Waals surface area contributed by atoms with Gasteiger partial charge in [0.1, 0.15) is 11.6 Å². The molecule has 1 N–H and O–H groups in total. The summed E-state index contributed by atoms with van der Waals surface area (Å²) in [6.07, 6.45) is 7.45. The van der Waals surface area contributed by atoms with Gasteiger partial charge in [-0.1, -0.05) is 39.5 Å². The van der Waals surface area contributed by atoms with E-state index < -0.39 is 5.54 Å². The molecule has 0 aromatic rings. The lowest BCUT2D eigenvalue weighted by Crippen LogP contribution is -2.72. The molecule has 1 aliphatic heterocycles. The van der Waals surface area contributed by atoms with Crippen molar-refractivity contribution in [3.63, 3.8) is 0 Å². The molecule has 114 valence electrons. The summed E-state index contributed by atoms with van der Waals surface area (Å²) >= 11 is 0. The van der Waals surface area contributed by atoms with E-state index in [4.69, 9.17) is 0 Å². The lowest BCUT2D eigenvalue weighted by atomic mass is 9.77. The molecule has 2 amide bonds. The molecule has 0 bridgehead atoms. The predicted octanol–water partition coefficient (Wildman–Crippen LogP) is 2.61. The maximum absolute atomic E-state index is 13.0. The summed E-state index contributed by atoms with van der Waals surface area (Å²) in [7, 11) is 0. The minimum absolute atomic E-state index is 0.0636. The molecule has 20 heavy (non-hydrogen) atoms. The Morgan fingerprint density at radius 3 is 2.45 bits per heavy atom. The second-order valence-electron chi connectivity index (χ2n) is 6.41. The van der Waals surface area contributed by atoms with Crippen LogP contribution in [0.1, 0.15) is 72.1 Å². The zero-order valence-corrected chi connectivity index (χ0v) is 13.1. The molecule has 0 aromatic heterocycles. The highest BCUT2D eigenvalue weighted by Gasteiger charge is 2.51. The zero-order valence-electron chi connectivity index (χ0n) is 13.1. The number of nitrogens with zero attached hydrogens (tertiary/aromatic N) is 1. The molecule has 1 aliphatic carbocycles. The third-order valence-corrected chi connectivity index (χ3v) is 4.98. The van der Waals surface area contributed by atoms with E-state index in [0.29, 0.717) is 0 Å². The number of carbonyl (C=O) groups is 2. The van der Waals surface area contributed by atoms with Crippen molar-refractivity contribution < 1.29 is 9.59 Å². The molecule has 1 spiro atoms. The summed E-state index contributed by atoms with van der Waals surface area (Å²) in [6, 6.07) is -0.126. The fourth-order valence-corrected chi connectivity index (χ4v) is 3.63. The van der Waals surface area contributed by atoms with Gasteiger partial charge in [0.25, 0.3) is 0 Å². The molecular formula is C16H28N2O2. The third kappa shape index (κ3) is 2.57. The number of amides is 2. The van der Waals surface area contributed by atoms with Crippen molar-refractivity contribution >= 4 is 11.8 Å². The Bertz CT molecular complexity index is 375. The highest BCUT2D eigenvalue weighted by Crippen LogP contribution is 2.35. The van der Waals surface area contributed by atoms with Gasteiger partial charge in [0, 0.05) is 6.04 Å². The summed E-state index contributed by atoms with van der Waals surface area (Å²) in [4.78, 5) is 27.5. The molecule has 1 heterocycles. The largest absolute Gasteiger partial charge is 0.340 e. The topological polar surface area (TPSA) is 49.4 Å². The van der Waals surface area contributed by atoms with Crippen LogP contribution in [-0.4, -0.2) is 34.3 Å². The molecule has 2 fully saturated rings. The molecule has 2 unspecified atom stereocenters. The van der Waals surface area contributed by atoms with Crippen LogP contribution in [0.5, 0.6) is 0 Å². The van der Waals surface area contributed by atoms with Crippen molar-refractivity contribution in [2.24, 2.45) is 0 Å². The van der Waals surface area contributed by atoms with Crippen LogP contribution in [0.25, 0.3) is 0 Å². The van der Waals surface area contributed by atoms with Crippen molar-refractivity contribution in [1.82, 2.24) is 10.2 Å². The summed E-state index contributed by atoms with van der Waals surface area (Å²) < 4.78 is 0. The maximum Gasteiger partial charge on any atom is 0.249 e. The second kappa shape index (κ2) is 6.15. The van der Waals surface area contributed by atoms with Gasteiger partial charge in [-0.05, 0) is 32.6 Å². The van der Waals surface area contributed by atoms with Crippen molar-refractivity contribution in [3.05, 3.63) is 0 Å². The Kier molecular flexibility index (Phi) is 4.71. The molecule has 0 aromatic carbocycles. The van der Waals surface area contributed by atoms with Crippen LogP contribution >= 0.6 is 0 Å². The van der Waals surface area contributed by atoms with Gasteiger partial charge >= 0.3 is 0 Å². The SMILES string of the molecule is CCCC1C(=O)NC2(CCCCC2)C(=O)N1C(C)CC. The van der Waals surface area contributed by atoms with E-state index in [1.165, 1.54) is 6.42 Å². The van der Waals surface area contributed by atoms with Crippen molar-refractivity contribution in [3.8, 4) is 0 Å². The van der Waals surface area contributed by atoms with Gasteiger partial charge < -0.3 is 10.2 Å². The number of carbonyl (C=O) groups excluding carboxylic acids is 2. The highest BCUT2D eigenvalue weighted by atomic mass is 16.2. The van der Waals surface area contributed by atoms with Crippen LogP contribution < -0.4 is 5.32 Å². The Morgan fingerprint density at radius 1 is 1.25 bits per heavy atom. The first kappa shape index (κ1) is 15.3. The van der Waals surface area contributed by atoms with Gasteiger partial charge in [-0.3, -0.25) is 9.59 Å². The molecular weight excluding hydrogens is 252 g/mol. The minimum atomic E-state index is -0.594. The van der Waals surface area contributed by atoms with E-state index in [1.807, 2.05) is 4.90 Å². The standard InChI is InChI=1S/C16H28N2O2/c1-4-9-13-14(19)17-16(10-7-6-8-11-16)15(20)18(13)12(3)5-2/h12-13H,4-11H2,1-3H3,(H,17,19). The lowest BCUT2D eigenvalue weighted by Gasteiger charge is -2.49. The molecule has 1 saturated heterocycles. The average molecular weight is 280 g/mol. The van der Waals surface area contributed by atoms with E-state index in [1.54, 1.807) is 0 Å². The second-order valence-corrected chi connectivity index (χ2v) is 6.41. The highest BCUT2D eigenvalue weighted by molar-refractivity contribution is 6.00. The van der Waals surface area contributed by atoms with E-state index >= 15 is 0 Å². The molecule has 2 rings (SSSR count). The number of nitrogens with one attached hydrogen (secondary N) is 1. The van der Waals surface area contributed by atoms with Crippen molar-refractivity contribution in [2.75, 3.05) is 0 Å². The van der Waals surface area contributed by atoms with Gasteiger partial charge in [0.05, 0.1) is 0 Å². The summed E-state index contributed by atoms with van der Waals surface area (Å²) in [5.74, 6) is 0.234. The van der Waals surface area contributed by atoms with E-state index in [-0.39, 0.29) is 23.9 Å². The molecule has 2 aliphatic rings. The number of hydrogen-bond acceptors (Lipinski definition) is 2. The third-order valence-electron chi connectivity index (χ3n) is 4.98. The van der Waals surface area contributed by atoms with Gasteiger partial charge in [-0.15, -0.1) is 0 Å². The molecule has 4 heteroatoms. The quantitative estimate of drug-likeness (QED) is 0.860. The Hall–Kier alpha value is -1.06.